The molecular formula is C17H32N2O6+2. The van der Waals surface area contributed by atoms with Gasteiger partial charge in [0.05, 0.1) is 6.61 Å². The summed E-state index contributed by atoms with van der Waals surface area (Å²) >= 11 is 0. The number of carbonyl (C=O) groups excluding carboxylic acids is 1. The first kappa shape index (κ1) is 19.2. The van der Waals surface area contributed by atoms with E-state index in [1.807, 2.05) is 13.8 Å². The monoisotopic (exact) mass is 360 g/mol. The summed E-state index contributed by atoms with van der Waals surface area (Å²) in [6, 6.07) is 0. The number of carbonyl (C=O) groups is 1. The highest BCUT2D eigenvalue weighted by atomic mass is 16.4. The molecule has 4 saturated heterocycles. The van der Waals surface area contributed by atoms with Gasteiger partial charge in [0.15, 0.2) is 11.9 Å². The summed E-state index contributed by atoms with van der Waals surface area (Å²) in [6.45, 7) is 5.95. The zero-order valence-electron chi connectivity index (χ0n) is 15.0. The van der Waals surface area contributed by atoms with E-state index in [9.17, 15) is 25.2 Å². The molecule has 4 fully saturated rings. The second-order valence-electron chi connectivity index (χ2n) is 8.32. The molecule has 0 aliphatic carbocycles. The minimum absolute atomic E-state index is 0.344. The predicted octanol–water partition coefficient (Wildman–Crippen LogP) is -5.08. The molecule has 0 aromatic rings. The molecule has 7 N–H and O–H groups in total. The Bertz CT molecular complexity index is 487. The maximum atomic E-state index is 13.1. The largest absolute Gasteiger partial charge is 0.394 e. The van der Waals surface area contributed by atoms with Crippen molar-refractivity contribution < 1.29 is 40.1 Å². The molecule has 0 aromatic carbocycles. The van der Waals surface area contributed by atoms with Crippen molar-refractivity contribution in [3.05, 3.63) is 0 Å². The van der Waals surface area contributed by atoms with Gasteiger partial charge in [-0.3, -0.25) is 14.6 Å². The normalized spacial score (nSPS) is 44.6. The average molecular weight is 360 g/mol. The van der Waals surface area contributed by atoms with Gasteiger partial charge in [-0.1, -0.05) is 13.8 Å². The molecule has 0 aromatic heterocycles. The number of Topliss-reactive ketones (excluding diaryl/α,β-unsaturated/α-hetero) is 1. The molecule has 0 radical (unpaired) electrons. The zero-order chi connectivity index (χ0) is 18.6. The van der Waals surface area contributed by atoms with E-state index in [1.165, 1.54) is 0 Å². The SMILES string of the molecule is CCC12C[NH+]3CC(CC)(C[NH+](C1)C3[C@H](O)[C@H](O)[C@H](O)[C@H](O)CO)C2=O. The molecule has 4 rings (SSSR count). The van der Waals surface area contributed by atoms with Crippen LogP contribution in [-0.4, -0.2) is 94.7 Å². The van der Waals surface area contributed by atoms with Gasteiger partial charge in [-0.2, -0.15) is 0 Å². The number of hydrogen-bond acceptors (Lipinski definition) is 6. The van der Waals surface area contributed by atoms with Crippen LogP contribution in [0.1, 0.15) is 26.7 Å². The van der Waals surface area contributed by atoms with Crippen LogP contribution in [0.4, 0.5) is 0 Å². The van der Waals surface area contributed by atoms with Crippen LogP contribution in [0.5, 0.6) is 0 Å². The number of ketones is 1. The highest BCUT2D eigenvalue weighted by Gasteiger charge is 2.71. The van der Waals surface area contributed by atoms with Gasteiger partial charge < -0.3 is 25.5 Å². The number of rotatable bonds is 7. The molecule has 0 saturated carbocycles. The molecule has 4 bridgehead atoms. The zero-order valence-corrected chi connectivity index (χ0v) is 15.0. The Hall–Kier alpha value is -0.610. The third kappa shape index (κ3) is 2.66. The number of hydrogen-bond donors (Lipinski definition) is 7. The van der Waals surface area contributed by atoms with Crippen molar-refractivity contribution in [2.75, 3.05) is 32.8 Å². The predicted molar refractivity (Wildman–Crippen MR) is 86.7 cm³/mol. The lowest BCUT2D eigenvalue weighted by Gasteiger charge is -2.61. The van der Waals surface area contributed by atoms with E-state index < -0.39 is 31.0 Å². The van der Waals surface area contributed by atoms with E-state index in [-0.39, 0.29) is 17.0 Å². The van der Waals surface area contributed by atoms with Crippen molar-refractivity contribution in [1.29, 1.82) is 0 Å². The third-order valence-electron chi connectivity index (χ3n) is 7.08. The second kappa shape index (κ2) is 6.53. The van der Waals surface area contributed by atoms with Crippen molar-refractivity contribution in [1.82, 2.24) is 0 Å². The van der Waals surface area contributed by atoms with Crippen LogP contribution in [0.2, 0.25) is 0 Å². The summed E-state index contributed by atoms with van der Waals surface area (Å²) in [4.78, 5) is 15.3. The Labute approximate surface area is 147 Å². The topological polar surface area (TPSA) is 127 Å². The molecule has 144 valence electrons. The molecule has 4 aliphatic heterocycles. The van der Waals surface area contributed by atoms with Crippen LogP contribution in [0.25, 0.3) is 0 Å². The average Bonchev–Trinajstić information content (AvgIpc) is 2.62. The van der Waals surface area contributed by atoms with E-state index in [0.29, 0.717) is 32.0 Å². The summed E-state index contributed by atoms with van der Waals surface area (Å²) in [6.07, 6.45) is -4.68. The Balaban J connectivity index is 1.84. The summed E-state index contributed by atoms with van der Waals surface area (Å²) in [5.74, 6) is 0.363. The quantitative estimate of drug-likeness (QED) is 0.244. The first-order valence-corrected chi connectivity index (χ1v) is 9.32. The smallest absolute Gasteiger partial charge is 0.242 e. The van der Waals surface area contributed by atoms with Gasteiger partial charge in [0.1, 0.15) is 55.3 Å². The molecule has 8 heteroatoms. The summed E-state index contributed by atoms with van der Waals surface area (Å²) in [7, 11) is 0. The van der Waals surface area contributed by atoms with Gasteiger partial charge in [-0.05, 0) is 12.8 Å². The van der Waals surface area contributed by atoms with Gasteiger partial charge in [-0.25, -0.2) is 0 Å². The lowest BCUT2D eigenvalue weighted by atomic mass is 9.58. The van der Waals surface area contributed by atoms with Gasteiger partial charge in [-0.15, -0.1) is 0 Å². The summed E-state index contributed by atoms with van der Waals surface area (Å²) < 4.78 is 0. The summed E-state index contributed by atoms with van der Waals surface area (Å²) in [5, 5.41) is 49.5. The van der Waals surface area contributed by atoms with Crippen LogP contribution in [-0.2, 0) is 4.79 Å². The molecule has 25 heavy (non-hydrogen) atoms. The first-order valence-electron chi connectivity index (χ1n) is 9.32. The van der Waals surface area contributed by atoms with Crippen molar-refractivity contribution in [3.8, 4) is 0 Å². The van der Waals surface area contributed by atoms with Crippen LogP contribution in [0, 0.1) is 10.8 Å². The molecule has 0 spiro atoms. The molecule has 4 heterocycles. The molecule has 4 aliphatic rings. The fourth-order valence-electron chi connectivity index (χ4n) is 5.64. The van der Waals surface area contributed by atoms with Crippen LogP contribution in [0.15, 0.2) is 0 Å². The number of nitrogens with one attached hydrogen (secondary N) is 2. The Kier molecular flexibility index (Phi) is 5.00. The van der Waals surface area contributed by atoms with Crippen LogP contribution in [0.3, 0.4) is 0 Å². The van der Waals surface area contributed by atoms with E-state index in [0.717, 1.165) is 22.6 Å². The van der Waals surface area contributed by atoms with E-state index in [2.05, 4.69) is 0 Å². The first-order chi connectivity index (χ1) is 11.7. The standard InChI is InChI=1S/C17H30N2O6/c1-3-16-6-18-8-17(4-2,15(16)25)9-19(7-16)14(18)13(24)12(23)11(22)10(21)5-20/h10-14,20-24H,3-9H2,1-2H3/p+2/t10-,11-,12-,13-,14?,16?,17?/m1/s1. The Morgan fingerprint density at radius 1 is 0.960 bits per heavy atom. The van der Waals surface area contributed by atoms with E-state index in [1.54, 1.807) is 0 Å². The van der Waals surface area contributed by atoms with Gasteiger partial charge >= 0.3 is 0 Å². The Morgan fingerprint density at radius 2 is 1.40 bits per heavy atom. The van der Waals surface area contributed by atoms with Crippen LogP contribution >= 0.6 is 0 Å². The molecule has 4 atom stereocenters. The lowest BCUT2D eigenvalue weighted by Crippen LogP contribution is -3.46. The summed E-state index contributed by atoms with van der Waals surface area (Å²) in [5.41, 5.74) is -0.719. The number of aliphatic hydroxyl groups excluding tert-OH is 5. The molecular weight excluding hydrogens is 328 g/mol. The maximum Gasteiger partial charge on any atom is 0.242 e. The minimum Gasteiger partial charge on any atom is -0.394 e. The molecule has 0 amide bonds. The Morgan fingerprint density at radius 3 is 1.76 bits per heavy atom. The number of quaternary nitrogens is 2. The van der Waals surface area contributed by atoms with Crippen molar-refractivity contribution in [3.63, 3.8) is 0 Å². The number of piperidine rings is 2. The highest BCUT2D eigenvalue weighted by Crippen LogP contribution is 2.39. The fraction of sp³-hybridized carbons (Fsp3) is 0.941. The highest BCUT2D eigenvalue weighted by molar-refractivity contribution is 5.92. The van der Waals surface area contributed by atoms with Crippen molar-refractivity contribution in [2.45, 2.75) is 57.3 Å². The van der Waals surface area contributed by atoms with Gasteiger partial charge in [0.25, 0.3) is 0 Å². The molecule has 8 nitrogen and oxygen atoms in total. The lowest BCUT2D eigenvalue weighted by molar-refractivity contribution is -1.17. The van der Waals surface area contributed by atoms with Gasteiger partial charge in [0.2, 0.25) is 6.17 Å². The second-order valence-corrected chi connectivity index (χ2v) is 8.32. The third-order valence-corrected chi connectivity index (χ3v) is 7.08. The van der Waals surface area contributed by atoms with Crippen molar-refractivity contribution >= 4 is 5.78 Å². The van der Waals surface area contributed by atoms with E-state index in [4.69, 9.17) is 5.11 Å². The molecule has 0 unspecified atom stereocenters. The number of aliphatic hydroxyl groups is 5. The fourth-order valence-corrected chi connectivity index (χ4v) is 5.64. The van der Waals surface area contributed by atoms with Crippen LogP contribution < -0.4 is 9.80 Å². The minimum atomic E-state index is -1.61. The maximum absolute atomic E-state index is 13.1. The van der Waals surface area contributed by atoms with E-state index >= 15 is 0 Å². The van der Waals surface area contributed by atoms with Crippen molar-refractivity contribution in [2.24, 2.45) is 10.8 Å². The van der Waals surface area contributed by atoms with Gasteiger partial charge in [0, 0.05) is 0 Å².